The molecule has 6 nitrogen and oxygen atoms in total. The average Bonchev–Trinajstić information content (AvgIpc) is 2.57. The molecule has 0 spiro atoms. The summed E-state index contributed by atoms with van der Waals surface area (Å²) < 4.78 is 5.01. The summed E-state index contributed by atoms with van der Waals surface area (Å²) in [5, 5.41) is 5.38. The Labute approximate surface area is 159 Å². The van der Waals surface area contributed by atoms with Crippen LogP contribution in [0.1, 0.15) is 54.4 Å². The van der Waals surface area contributed by atoms with Crippen LogP contribution in [0, 0.1) is 24.7 Å². The Morgan fingerprint density at radius 2 is 1.70 bits per heavy atom. The van der Waals surface area contributed by atoms with Crippen molar-refractivity contribution in [1.82, 2.24) is 10.6 Å². The molecule has 144 valence electrons. The number of benzene rings is 1. The van der Waals surface area contributed by atoms with E-state index >= 15 is 0 Å². The van der Waals surface area contributed by atoms with E-state index < -0.39 is 24.5 Å². The van der Waals surface area contributed by atoms with Crippen LogP contribution in [0.3, 0.4) is 0 Å². The zero-order chi connectivity index (χ0) is 19.0. The number of ether oxygens (including phenoxy) is 1. The number of imide groups is 1. The van der Waals surface area contributed by atoms with Crippen molar-refractivity contribution < 1.29 is 19.1 Å². The van der Waals surface area contributed by atoms with Gasteiger partial charge in [-0.25, -0.2) is 9.59 Å². The van der Waals surface area contributed by atoms with Crippen LogP contribution in [0.15, 0.2) is 24.3 Å². The summed E-state index contributed by atoms with van der Waals surface area (Å²) in [5.74, 6) is 0.946. The molecule has 6 heteroatoms. The average molecular weight is 370 g/mol. The fourth-order valence-electron chi connectivity index (χ4n) is 5.68. The first-order valence-electron chi connectivity index (χ1n) is 9.76. The molecular formula is C21H26N2O4. The van der Waals surface area contributed by atoms with E-state index in [0.717, 1.165) is 24.8 Å². The van der Waals surface area contributed by atoms with Crippen LogP contribution in [-0.4, -0.2) is 30.1 Å². The summed E-state index contributed by atoms with van der Waals surface area (Å²) in [6, 6.07) is 6.48. The number of hydrogen-bond acceptors (Lipinski definition) is 4. The number of esters is 1. The third-order valence-electron chi connectivity index (χ3n) is 6.26. The van der Waals surface area contributed by atoms with E-state index in [9.17, 15) is 14.4 Å². The van der Waals surface area contributed by atoms with Crippen LogP contribution in [0.2, 0.25) is 0 Å². The predicted molar refractivity (Wildman–Crippen MR) is 99.0 cm³/mol. The van der Waals surface area contributed by atoms with Crippen LogP contribution in [-0.2, 0) is 9.53 Å². The van der Waals surface area contributed by atoms with E-state index in [1.165, 1.54) is 19.3 Å². The van der Waals surface area contributed by atoms with Gasteiger partial charge in [0.1, 0.15) is 0 Å². The summed E-state index contributed by atoms with van der Waals surface area (Å²) in [5.41, 5.74) is 1.17. The molecule has 0 atom stereocenters. The number of rotatable bonds is 4. The second kappa shape index (κ2) is 6.98. The molecule has 4 fully saturated rings. The number of aryl methyl sites for hydroxylation is 1. The molecule has 0 aliphatic heterocycles. The summed E-state index contributed by atoms with van der Waals surface area (Å²) in [4.78, 5) is 36.3. The Kier molecular flexibility index (Phi) is 4.66. The second-order valence-corrected chi connectivity index (χ2v) is 8.65. The van der Waals surface area contributed by atoms with Crippen molar-refractivity contribution in [1.29, 1.82) is 0 Å². The predicted octanol–water partition coefficient (Wildman–Crippen LogP) is 2.95. The first-order chi connectivity index (χ1) is 12.9. The molecule has 4 saturated carbocycles. The molecule has 0 unspecified atom stereocenters. The van der Waals surface area contributed by atoms with Gasteiger partial charge >= 0.3 is 12.0 Å². The van der Waals surface area contributed by atoms with Crippen molar-refractivity contribution in [3.05, 3.63) is 35.4 Å². The second-order valence-electron chi connectivity index (χ2n) is 8.65. The molecule has 4 bridgehead atoms. The summed E-state index contributed by atoms with van der Waals surface area (Å²) in [6.45, 7) is 1.40. The van der Waals surface area contributed by atoms with Crippen molar-refractivity contribution in [3.63, 3.8) is 0 Å². The van der Waals surface area contributed by atoms with E-state index in [1.807, 2.05) is 13.0 Å². The lowest BCUT2D eigenvalue weighted by atomic mass is 9.53. The maximum Gasteiger partial charge on any atom is 0.338 e. The molecule has 4 aliphatic carbocycles. The fourth-order valence-corrected chi connectivity index (χ4v) is 5.68. The number of nitrogens with one attached hydrogen (secondary N) is 2. The molecule has 0 saturated heterocycles. The van der Waals surface area contributed by atoms with Gasteiger partial charge < -0.3 is 10.1 Å². The highest BCUT2D eigenvalue weighted by atomic mass is 16.5. The monoisotopic (exact) mass is 370 g/mol. The Morgan fingerprint density at radius 1 is 1.07 bits per heavy atom. The zero-order valence-corrected chi connectivity index (χ0v) is 15.6. The molecule has 5 rings (SSSR count). The summed E-state index contributed by atoms with van der Waals surface area (Å²) in [6.07, 6.45) is 6.91. The normalized spacial score (nSPS) is 30.6. The lowest BCUT2D eigenvalue weighted by Crippen LogP contribution is -2.62. The third-order valence-corrected chi connectivity index (χ3v) is 6.26. The van der Waals surface area contributed by atoms with Crippen molar-refractivity contribution in [3.8, 4) is 0 Å². The Morgan fingerprint density at radius 3 is 2.30 bits per heavy atom. The number of hydrogen-bond donors (Lipinski definition) is 2. The van der Waals surface area contributed by atoms with Gasteiger partial charge in [0.05, 0.1) is 5.56 Å². The minimum Gasteiger partial charge on any atom is -0.452 e. The number of carbonyl (C=O) groups excluding carboxylic acids is 3. The molecule has 0 radical (unpaired) electrons. The molecule has 1 aromatic rings. The van der Waals surface area contributed by atoms with E-state index in [0.29, 0.717) is 23.3 Å². The summed E-state index contributed by atoms with van der Waals surface area (Å²) >= 11 is 0. The first kappa shape index (κ1) is 18.0. The van der Waals surface area contributed by atoms with E-state index in [4.69, 9.17) is 4.74 Å². The maximum absolute atomic E-state index is 12.3. The van der Waals surface area contributed by atoms with Gasteiger partial charge in [0, 0.05) is 5.54 Å². The number of amides is 3. The van der Waals surface area contributed by atoms with Gasteiger partial charge in [-0.05, 0) is 75.3 Å². The van der Waals surface area contributed by atoms with E-state index in [1.54, 1.807) is 18.2 Å². The topological polar surface area (TPSA) is 84.5 Å². The van der Waals surface area contributed by atoms with Gasteiger partial charge in [-0.3, -0.25) is 10.1 Å². The van der Waals surface area contributed by atoms with E-state index in [-0.39, 0.29) is 5.54 Å². The maximum atomic E-state index is 12.3. The first-order valence-corrected chi connectivity index (χ1v) is 9.76. The van der Waals surface area contributed by atoms with Crippen LogP contribution >= 0.6 is 0 Å². The smallest absolute Gasteiger partial charge is 0.338 e. The largest absolute Gasteiger partial charge is 0.452 e. The van der Waals surface area contributed by atoms with Crippen LogP contribution in [0.4, 0.5) is 4.79 Å². The van der Waals surface area contributed by atoms with Gasteiger partial charge in [0.25, 0.3) is 5.91 Å². The van der Waals surface area contributed by atoms with Gasteiger partial charge in [-0.15, -0.1) is 0 Å². The van der Waals surface area contributed by atoms with Crippen LogP contribution in [0.25, 0.3) is 0 Å². The molecular weight excluding hydrogens is 344 g/mol. The third kappa shape index (κ3) is 3.99. The fraction of sp³-hybridized carbons (Fsp3) is 0.571. The van der Waals surface area contributed by atoms with Gasteiger partial charge in [-0.1, -0.05) is 17.7 Å². The van der Waals surface area contributed by atoms with Crippen molar-refractivity contribution in [2.24, 2.45) is 17.8 Å². The highest BCUT2D eigenvalue weighted by Crippen LogP contribution is 2.55. The minimum absolute atomic E-state index is 0.155. The highest BCUT2D eigenvalue weighted by Gasteiger charge is 2.51. The lowest BCUT2D eigenvalue weighted by molar-refractivity contribution is -0.123. The minimum atomic E-state index is -0.613. The summed E-state index contributed by atoms with van der Waals surface area (Å²) in [7, 11) is 0. The van der Waals surface area contributed by atoms with Gasteiger partial charge in [0.15, 0.2) is 6.61 Å². The van der Waals surface area contributed by atoms with Crippen LogP contribution in [0.5, 0.6) is 0 Å². The highest BCUT2D eigenvalue weighted by molar-refractivity contribution is 5.97. The Balaban J connectivity index is 1.26. The lowest BCUT2D eigenvalue weighted by Gasteiger charge is -2.56. The molecule has 3 amide bonds. The standard InChI is InChI=1S/C21H26N2O4/c1-13-3-2-4-17(5-13)19(25)27-12-18(24)22-20(26)23-21-9-14-6-15(10-21)8-16(7-14)11-21/h2-5,14-16H,6-12H2,1H3,(H2,22,23,24,26). The molecule has 1 aromatic carbocycles. The van der Waals surface area contributed by atoms with E-state index in [2.05, 4.69) is 10.6 Å². The van der Waals surface area contributed by atoms with Crippen molar-refractivity contribution >= 4 is 17.9 Å². The van der Waals surface area contributed by atoms with Gasteiger partial charge in [0.2, 0.25) is 0 Å². The van der Waals surface area contributed by atoms with Crippen LogP contribution < -0.4 is 10.6 Å². The number of carbonyl (C=O) groups is 3. The van der Waals surface area contributed by atoms with Crippen molar-refractivity contribution in [2.75, 3.05) is 6.61 Å². The van der Waals surface area contributed by atoms with Gasteiger partial charge in [-0.2, -0.15) is 0 Å². The molecule has 4 aliphatic rings. The Hall–Kier alpha value is -2.37. The molecule has 0 heterocycles. The zero-order valence-electron chi connectivity index (χ0n) is 15.6. The molecule has 27 heavy (non-hydrogen) atoms. The SMILES string of the molecule is Cc1cccc(C(=O)OCC(=O)NC(=O)NC23CC4CC(CC(C4)C2)C3)c1. The number of urea groups is 1. The van der Waals surface area contributed by atoms with Crippen molar-refractivity contribution in [2.45, 2.75) is 51.0 Å². The quantitative estimate of drug-likeness (QED) is 0.798. The molecule has 0 aromatic heterocycles. The molecule has 2 N–H and O–H groups in total. The Bertz CT molecular complexity index is 738.